The Bertz CT molecular complexity index is 928. The van der Waals surface area contributed by atoms with Crippen LogP contribution in [0.4, 0.5) is 11.6 Å². The number of anilines is 2. The maximum absolute atomic E-state index is 12.2. The summed E-state index contributed by atoms with van der Waals surface area (Å²) in [5, 5.41) is 10.2. The minimum Gasteiger partial charge on any atom is -0.495 e. The van der Waals surface area contributed by atoms with Gasteiger partial charge in [-0.15, -0.1) is 0 Å². The zero-order chi connectivity index (χ0) is 19.2. The van der Waals surface area contributed by atoms with Crippen molar-refractivity contribution in [1.82, 2.24) is 10.1 Å². The van der Waals surface area contributed by atoms with Crippen LogP contribution in [0.15, 0.2) is 47.0 Å². The molecule has 140 valence electrons. The number of carbonyl (C=O) groups excluding carboxylic acids is 1. The van der Waals surface area contributed by atoms with Crippen molar-refractivity contribution < 1.29 is 14.1 Å². The number of nitrogens with zero attached hydrogens (tertiary/aromatic N) is 2. The largest absolute Gasteiger partial charge is 0.495 e. The Kier molecular flexibility index (Phi) is 5.93. The molecule has 0 fully saturated rings. The average molecular weight is 387 g/mol. The molecule has 0 bridgehead atoms. The van der Waals surface area contributed by atoms with Gasteiger partial charge in [0.05, 0.1) is 12.8 Å². The van der Waals surface area contributed by atoms with Gasteiger partial charge < -0.3 is 19.9 Å². The van der Waals surface area contributed by atoms with Crippen LogP contribution in [-0.4, -0.2) is 29.7 Å². The SMILES string of the molecule is COc1cc(Cl)c(C)cc1NC(=O)CCNc1noc(-c2ccccc2)n1. The highest BCUT2D eigenvalue weighted by molar-refractivity contribution is 6.31. The second kappa shape index (κ2) is 8.55. The molecular formula is C19H19ClN4O3. The fourth-order valence-electron chi connectivity index (χ4n) is 2.42. The first-order valence-corrected chi connectivity index (χ1v) is 8.71. The summed E-state index contributed by atoms with van der Waals surface area (Å²) in [4.78, 5) is 16.4. The maximum Gasteiger partial charge on any atom is 0.263 e. The van der Waals surface area contributed by atoms with Crippen molar-refractivity contribution in [1.29, 1.82) is 0 Å². The van der Waals surface area contributed by atoms with Gasteiger partial charge in [-0.05, 0) is 35.8 Å². The highest BCUT2D eigenvalue weighted by atomic mass is 35.5. The summed E-state index contributed by atoms with van der Waals surface area (Å²) >= 11 is 6.07. The number of amides is 1. The Morgan fingerprint density at radius 2 is 2.04 bits per heavy atom. The van der Waals surface area contributed by atoms with Crippen molar-refractivity contribution in [2.75, 3.05) is 24.3 Å². The molecule has 0 atom stereocenters. The van der Waals surface area contributed by atoms with Gasteiger partial charge in [-0.25, -0.2) is 0 Å². The monoisotopic (exact) mass is 386 g/mol. The molecule has 3 rings (SSSR count). The number of halogens is 1. The molecule has 0 saturated carbocycles. The molecule has 0 saturated heterocycles. The van der Waals surface area contributed by atoms with Gasteiger partial charge in [-0.3, -0.25) is 4.79 Å². The van der Waals surface area contributed by atoms with Crippen LogP contribution >= 0.6 is 11.6 Å². The number of ether oxygens (including phenoxy) is 1. The number of aryl methyl sites for hydroxylation is 1. The second-order valence-corrected chi connectivity index (χ2v) is 6.22. The number of aromatic nitrogens is 2. The zero-order valence-electron chi connectivity index (χ0n) is 15.0. The molecule has 1 amide bonds. The van der Waals surface area contributed by atoms with Gasteiger partial charge in [0.2, 0.25) is 5.91 Å². The van der Waals surface area contributed by atoms with Gasteiger partial charge in [0, 0.05) is 29.6 Å². The minimum atomic E-state index is -0.172. The smallest absolute Gasteiger partial charge is 0.263 e. The molecule has 1 aromatic heterocycles. The Hall–Kier alpha value is -3.06. The molecule has 2 N–H and O–H groups in total. The average Bonchev–Trinajstić information content (AvgIpc) is 3.14. The fraction of sp³-hybridized carbons (Fsp3) is 0.211. The molecule has 8 heteroatoms. The van der Waals surface area contributed by atoms with E-state index in [-0.39, 0.29) is 12.3 Å². The number of carbonyl (C=O) groups is 1. The van der Waals surface area contributed by atoms with Crippen LogP contribution in [0.25, 0.3) is 11.5 Å². The molecule has 0 spiro atoms. The predicted molar refractivity (Wildman–Crippen MR) is 104 cm³/mol. The van der Waals surface area contributed by atoms with Crippen molar-refractivity contribution in [3.8, 4) is 17.2 Å². The lowest BCUT2D eigenvalue weighted by Gasteiger charge is -2.12. The zero-order valence-corrected chi connectivity index (χ0v) is 15.7. The third-order valence-electron chi connectivity index (χ3n) is 3.84. The number of hydrogen-bond donors (Lipinski definition) is 2. The number of nitrogens with one attached hydrogen (secondary N) is 2. The lowest BCUT2D eigenvalue weighted by molar-refractivity contribution is -0.116. The van der Waals surface area contributed by atoms with Gasteiger partial charge >= 0.3 is 0 Å². The summed E-state index contributed by atoms with van der Waals surface area (Å²) in [7, 11) is 1.53. The second-order valence-electron chi connectivity index (χ2n) is 5.82. The molecule has 7 nitrogen and oxygen atoms in total. The molecular weight excluding hydrogens is 368 g/mol. The van der Waals surface area contributed by atoms with E-state index in [2.05, 4.69) is 20.8 Å². The van der Waals surface area contributed by atoms with Gasteiger partial charge in [0.15, 0.2) is 0 Å². The van der Waals surface area contributed by atoms with Gasteiger partial charge in [0.25, 0.3) is 11.8 Å². The fourth-order valence-corrected chi connectivity index (χ4v) is 2.58. The molecule has 0 aliphatic rings. The standard InChI is InChI=1S/C19H19ClN4O3/c1-12-10-15(16(26-2)11-14(12)20)22-17(25)8-9-21-19-23-18(27-24-19)13-6-4-3-5-7-13/h3-7,10-11H,8-9H2,1-2H3,(H,21,24)(H,22,25). The van der Waals surface area contributed by atoms with E-state index in [1.54, 1.807) is 12.1 Å². The number of methoxy groups -OCH3 is 1. The minimum absolute atomic E-state index is 0.172. The summed E-state index contributed by atoms with van der Waals surface area (Å²) in [6, 6.07) is 12.9. The third kappa shape index (κ3) is 4.77. The van der Waals surface area contributed by atoms with E-state index in [0.717, 1.165) is 11.1 Å². The van der Waals surface area contributed by atoms with Crippen LogP contribution in [0.5, 0.6) is 5.75 Å². The van der Waals surface area contributed by atoms with E-state index in [0.29, 0.717) is 34.8 Å². The molecule has 0 aliphatic heterocycles. The topological polar surface area (TPSA) is 89.3 Å². The van der Waals surface area contributed by atoms with Crippen molar-refractivity contribution >= 4 is 29.1 Å². The van der Waals surface area contributed by atoms with Crippen molar-refractivity contribution in [3.63, 3.8) is 0 Å². The molecule has 0 radical (unpaired) electrons. The van der Waals surface area contributed by atoms with Crippen molar-refractivity contribution in [3.05, 3.63) is 53.1 Å². The Balaban J connectivity index is 1.53. The molecule has 2 aromatic carbocycles. The van der Waals surface area contributed by atoms with E-state index >= 15 is 0 Å². The quantitative estimate of drug-likeness (QED) is 0.634. The van der Waals surface area contributed by atoms with E-state index in [9.17, 15) is 4.79 Å². The summed E-state index contributed by atoms with van der Waals surface area (Å²) < 4.78 is 10.5. The highest BCUT2D eigenvalue weighted by Gasteiger charge is 2.11. The summed E-state index contributed by atoms with van der Waals surface area (Å²) in [6.45, 7) is 2.22. The van der Waals surface area contributed by atoms with Gasteiger partial charge in [0.1, 0.15) is 5.75 Å². The molecule has 1 heterocycles. The van der Waals surface area contributed by atoms with Crippen LogP contribution in [0.3, 0.4) is 0 Å². The maximum atomic E-state index is 12.2. The number of rotatable bonds is 7. The van der Waals surface area contributed by atoms with E-state index in [4.69, 9.17) is 20.9 Å². The first-order chi connectivity index (χ1) is 13.1. The number of hydrogen-bond acceptors (Lipinski definition) is 6. The van der Waals surface area contributed by atoms with E-state index < -0.39 is 0 Å². The van der Waals surface area contributed by atoms with Crippen LogP contribution in [0.2, 0.25) is 5.02 Å². The van der Waals surface area contributed by atoms with Crippen LogP contribution < -0.4 is 15.4 Å². The molecule has 27 heavy (non-hydrogen) atoms. The molecule has 0 unspecified atom stereocenters. The summed E-state index contributed by atoms with van der Waals surface area (Å²) in [6.07, 6.45) is 0.222. The van der Waals surface area contributed by atoms with Crippen LogP contribution in [0, 0.1) is 6.92 Å². The molecule has 0 aliphatic carbocycles. The van der Waals surface area contributed by atoms with E-state index in [1.807, 2.05) is 37.3 Å². The molecule has 3 aromatic rings. The summed E-state index contributed by atoms with van der Waals surface area (Å²) in [5.74, 6) is 1.09. The predicted octanol–water partition coefficient (Wildman–Crippen LogP) is 4.15. The normalized spacial score (nSPS) is 10.5. The van der Waals surface area contributed by atoms with Gasteiger partial charge in [-0.1, -0.05) is 29.8 Å². The van der Waals surface area contributed by atoms with Gasteiger partial charge in [-0.2, -0.15) is 4.98 Å². The van der Waals surface area contributed by atoms with E-state index in [1.165, 1.54) is 7.11 Å². The first kappa shape index (κ1) is 18.7. The Morgan fingerprint density at radius 1 is 1.26 bits per heavy atom. The Labute approximate surface area is 161 Å². The number of benzene rings is 2. The highest BCUT2D eigenvalue weighted by Crippen LogP contribution is 2.31. The summed E-state index contributed by atoms with van der Waals surface area (Å²) in [5.41, 5.74) is 2.27. The van der Waals surface area contributed by atoms with Crippen LogP contribution in [0.1, 0.15) is 12.0 Å². The lowest BCUT2D eigenvalue weighted by Crippen LogP contribution is -2.17. The Morgan fingerprint density at radius 3 is 2.78 bits per heavy atom. The third-order valence-corrected chi connectivity index (χ3v) is 4.24. The van der Waals surface area contributed by atoms with Crippen molar-refractivity contribution in [2.45, 2.75) is 13.3 Å². The lowest BCUT2D eigenvalue weighted by atomic mass is 10.2. The first-order valence-electron chi connectivity index (χ1n) is 8.34. The van der Waals surface area contributed by atoms with Crippen molar-refractivity contribution in [2.24, 2.45) is 0 Å². The van der Waals surface area contributed by atoms with Crippen LogP contribution in [-0.2, 0) is 4.79 Å².